The molecule has 7 nitrogen and oxygen atoms in total. The van der Waals surface area contributed by atoms with Gasteiger partial charge in [-0.25, -0.2) is 8.42 Å². The van der Waals surface area contributed by atoms with Crippen molar-refractivity contribution >= 4 is 55.1 Å². The Morgan fingerprint density at radius 2 is 1.51 bits per heavy atom. The summed E-state index contributed by atoms with van der Waals surface area (Å²) in [6.45, 7) is 7.56. The first-order chi connectivity index (χ1) is 18.4. The standard InChI is InChI=1S/C29H33BrClN3O4S/c1-20(2)17-32-29(36)22(4)33(18-23-7-9-24(30)10-8-23)28(35)19-34(26-13-11-25(31)12-14-26)39(37,38)27-15-5-21(3)6-16-27/h5-16,20,22H,17-19H2,1-4H3,(H,32,36). The summed E-state index contributed by atoms with van der Waals surface area (Å²) in [5.74, 6) is -0.596. The molecule has 0 bridgehead atoms. The molecule has 0 heterocycles. The summed E-state index contributed by atoms with van der Waals surface area (Å²) in [6, 6.07) is 19.2. The number of amides is 2. The number of rotatable bonds is 11. The second-order valence-corrected chi connectivity index (χ2v) is 13.0. The molecule has 0 aliphatic carbocycles. The van der Waals surface area contributed by atoms with E-state index in [-0.39, 0.29) is 29.0 Å². The summed E-state index contributed by atoms with van der Waals surface area (Å²) in [7, 11) is -4.12. The maximum absolute atomic E-state index is 13.9. The van der Waals surface area contributed by atoms with Gasteiger partial charge in [0.25, 0.3) is 10.0 Å². The van der Waals surface area contributed by atoms with Crippen LogP contribution in [-0.4, -0.2) is 44.3 Å². The Bertz CT molecular complexity index is 1380. The van der Waals surface area contributed by atoms with Crippen molar-refractivity contribution in [1.82, 2.24) is 10.2 Å². The minimum Gasteiger partial charge on any atom is -0.354 e. The van der Waals surface area contributed by atoms with E-state index in [2.05, 4.69) is 21.2 Å². The van der Waals surface area contributed by atoms with Crippen LogP contribution in [0.2, 0.25) is 5.02 Å². The number of sulfonamides is 1. The van der Waals surface area contributed by atoms with E-state index >= 15 is 0 Å². The molecule has 10 heteroatoms. The van der Waals surface area contributed by atoms with Crippen molar-refractivity contribution in [1.29, 1.82) is 0 Å². The Balaban J connectivity index is 2.00. The van der Waals surface area contributed by atoms with Crippen LogP contribution < -0.4 is 9.62 Å². The average molecular weight is 635 g/mol. The Morgan fingerprint density at radius 1 is 0.923 bits per heavy atom. The molecule has 0 fully saturated rings. The van der Waals surface area contributed by atoms with E-state index in [1.54, 1.807) is 43.3 Å². The van der Waals surface area contributed by atoms with Crippen molar-refractivity contribution < 1.29 is 18.0 Å². The highest BCUT2D eigenvalue weighted by atomic mass is 79.9. The van der Waals surface area contributed by atoms with Gasteiger partial charge in [0, 0.05) is 22.6 Å². The quantitative estimate of drug-likeness (QED) is 0.289. The molecule has 39 heavy (non-hydrogen) atoms. The lowest BCUT2D eigenvalue weighted by Gasteiger charge is -2.32. The summed E-state index contributed by atoms with van der Waals surface area (Å²) < 4.78 is 29.5. The van der Waals surface area contributed by atoms with Crippen LogP contribution in [0.4, 0.5) is 5.69 Å². The first-order valence-electron chi connectivity index (χ1n) is 12.5. The van der Waals surface area contributed by atoms with Gasteiger partial charge in [-0.15, -0.1) is 0 Å². The molecular formula is C29H33BrClN3O4S. The molecule has 1 unspecified atom stereocenters. The van der Waals surface area contributed by atoms with Gasteiger partial charge in [-0.1, -0.05) is 71.2 Å². The SMILES string of the molecule is Cc1ccc(S(=O)(=O)N(CC(=O)N(Cc2ccc(Br)cc2)C(C)C(=O)NCC(C)C)c2ccc(Cl)cc2)cc1. The normalized spacial score (nSPS) is 12.2. The van der Waals surface area contributed by atoms with Gasteiger partial charge in [-0.05, 0) is 73.9 Å². The second-order valence-electron chi connectivity index (χ2n) is 9.76. The third kappa shape index (κ3) is 8.30. The summed E-state index contributed by atoms with van der Waals surface area (Å²) in [4.78, 5) is 28.4. The van der Waals surface area contributed by atoms with Gasteiger partial charge >= 0.3 is 0 Å². The van der Waals surface area contributed by atoms with Gasteiger partial charge in [-0.3, -0.25) is 13.9 Å². The molecule has 1 N–H and O–H groups in total. The van der Waals surface area contributed by atoms with Crippen LogP contribution in [0.5, 0.6) is 0 Å². The highest BCUT2D eigenvalue weighted by Crippen LogP contribution is 2.26. The maximum Gasteiger partial charge on any atom is 0.264 e. The summed E-state index contributed by atoms with van der Waals surface area (Å²) in [6.07, 6.45) is 0. The molecule has 0 saturated carbocycles. The number of hydrogen-bond donors (Lipinski definition) is 1. The van der Waals surface area contributed by atoms with Gasteiger partial charge in [0.05, 0.1) is 10.6 Å². The largest absolute Gasteiger partial charge is 0.354 e. The third-order valence-electron chi connectivity index (χ3n) is 6.12. The minimum absolute atomic E-state index is 0.0537. The molecule has 3 rings (SSSR count). The average Bonchev–Trinajstić information content (AvgIpc) is 2.90. The second kappa shape index (κ2) is 13.5. The first kappa shape index (κ1) is 30.7. The zero-order valence-electron chi connectivity index (χ0n) is 22.4. The number of hydrogen-bond acceptors (Lipinski definition) is 4. The smallest absolute Gasteiger partial charge is 0.264 e. The van der Waals surface area contributed by atoms with Crippen LogP contribution in [0.3, 0.4) is 0 Å². The molecule has 208 valence electrons. The van der Waals surface area contributed by atoms with Crippen molar-refractivity contribution in [2.45, 2.75) is 45.2 Å². The maximum atomic E-state index is 13.9. The molecule has 1 atom stereocenters. The molecule has 0 aliphatic rings. The highest BCUT2D eigenvalue weighted by Gasteiger charge is 2.32. The molecule has 0 spiro atoms. The zero-order valence-corrected chi connectivity index (χ0v) is 25.6. The topological polar surface area (TPSA) is 86.8 Å². The predicted octanol–water partition coefficient (Wildman–Crippen LogP) is 5.80. The number of halogens is 2. The molecule has 0 radical (unpaired) electrons. The molecule has 0 aliphatic heterocycles. The third-order valence-corrected chi connectivity index (χ3v) is 8.69. The Labute approximate surface area is 244 Å². The molecule has 0 saturated heterocycles. The van der Waals surface area contributed by atoms with Gasteiger partial charge in [0.2, 0.25) is 11.8 Å². The number of aryl methyl sites for hydroxylation is 1. The Hall–Kier alpha value is -2.88. The lowest BCUT2D eigenvalue weighted by molar-refractivity contribution is -0.139. The van der Waals surface area contributed by atoms with E-state index in [0.29, 0.717) is 11.6 Å². The van der Waals surface area contributed by atoms with Crippen LogP contribution >= 0.6 is 27.5 Å². The number of nitrogens with one attached hydrogen (secondary N) is 1. The van der Waals surface area contributed by atoms with Crippen molar-refractivity contribution in [2.24, 2.45) is 5.92 Å². The van der Waals surface area contributed by atoms with E-state index in [1.807, 2.05) is 45.0 Å². The van der Waals surface area contributed by atoms with Crippen LogP contribution in [0.25, 0.3) is 0 Å². The molecular weight excluding hydrogens is 602 g/mol. The van der Waals surface area contributed by atoms with Crippen LogP contribution in [0, 0.1) is 12.8 Å². The van der Waals surface area contributed by atoms with Crippen molar-refractivity contribution in [2.75, 3.05) is 17.4 Å². The monoisotopic (exact) mass is 633 g/mol. The lowest BCUT2D eigenvalue weighted by atomic mass is 10.1. The lowest BCUT2D eigenvalue weighted by Crippen LogP contribution is -2.51. The van der Waals surface area contributed by atoms with Crippen LogP contribution in [-0.2, 0) is 26.2 Å². The van der Waals surface area contributed by atoms with E-state index in [1.165, 1.54) is 17.0 Å². The summed E-state index contributed by atoms with van der Waals surface area (Å²) in [5.41, 5.74) is 1.99. The minimum atomic E-state index is -4.12. The zero-order chi connectivity index (χ0) is 28.7. The number of carbonyl (C=O) groups excluding carboxylic acids is 2. The van der Waals surface area contributed by atoms with Crippen molar-refractivity contribution in [3.8, 4) is 0 Å². The number of carbonyl (C=O) groups is 2. The number of anilines is 1. The van der Waals surface area contributed by atoms with Crippen LogP contribution in [0.1, 0.15) is 31.9 Å². The van der Waals surface area contributed by atoms with Crippen molar-refractivity contribution in [3.63, 3.8) is 0 Å². The van der Waals surface area contributed by atoms with E-state index in [9.17, 15) is 18.0 Å². The molecule has 2 amide bonds. The van der Waals surface area contributed by atoms with Gasteiger partial charge in [-0.2, -0.15) is 0 Å². The van der Waals surface area contributed by atoms with Crippen LogP contribution in [0.15, 0.2) is 82.2 Å². The number of benzene rings is 3. The van der Waals surface area contributed by atoms with E-state index in [0.717, 1.165) is 19.9 Å². The fourth-order valence-corrected chi connectivity index (χ4v) is 5.60. The fraction of sp³-hybridized carbons (Fsp3) is 0.310. The Kier molecular flexibility index (Phi) is 10.6. The number of nitrogens with zero attached hydrogens (tertiary/aromatic N) is 2. The Morgan fingerprint density at radius 3 is 2.08 bits per heavy atom. The molecule has 3 aromatic rings. The molecule has 0 aromatic heterocycles. The summed E-state index contributed by atoms with van der Waals surface area (Å²) >= 11 is 9.47. The first-order valence-corrected chi connectivity index (χ1v) is 15.2. The predicted molar refractivity (Wildman–Crippen MR) is 159 cm³/mol. The van der Waals surface area contributed by atoms with E-state index in [4.69, 9.17) is 11.6 Å². The van der Waals surface area contributed by atoms with Gasteiger partial charge in [0.15, 0.2) is 0 Å². The summed E-state index contributed by atoms with van der Waals surface area (Å²) in [5, 5.41) is 3.31. The van der Waals surface area contributed by atoms with Gasteiger partial charge in [0.1, 0.15) is 12.6 Å². The van der Waals surface area contributed by atoms with Gasteiger partial charge < -0.3 is 10.2 Å². The van der Waals surface area contributed by atoms with E-state index < -0.39 is 28.5 Å². The fourth-order valence-electron chi connectivity index (χ4n) is 3.80. The molecule has 3 aromatic carbocycles. The van der Waals surface area contributed by atoms with Crippen molar-refractivity contribution in [3.05, 3.63) is 93.4 Å². The highest BCUT2D eigenvalue weighted by molar-refractivity contribution is 9.10.